The van der Waals surface area contributed by atoms with Crippen LogP contribution in [0.3, 0.4) is 0 Å². The highest BCUT2D eigenvalue weighted by molar-refractivity contribution is 6.04. The number of Topliss-reactive ketones (excluding diaryl/α,β-unsaturated/α-hetero) is 1. The van der Waals surface area contributed by atoms with Crippen molar-refractivity contribution >= 4 is 17.7 Å². The van der Waals surface area contributed by atoms with Crippen LogP contribution in [0.4, 0.5) is 0 Å². The first-order valence-electron chi connectivity index (χ1n) is 13.7. The maximum absolute atomic E-state index is 13.9. The molecule has 212 valence electrons. The predicted octanol–water partition coefficient (Wildman–Crippen LogP) is 5.72. The van der Waals surface area contributed by atoms with Gasteiger partial charge in [-0.3, -0.25) is 9.59 Å². The molecule has 2 aromatic carbocycles. The van der Waals surface area contributed by atoms with Crippen LogP contribution in [0.15, 0.2) is 65.0 Å². The number of hydrogen-bond acceptors (Lipinski definition) is 8. The minimum Gasteiger partial charge on any atom is -0.497 e. The number of ketones is 1. The van der Waals surface area contributed by atoms with Gasteiger partial charge >= 0.3 is 11.9 Å². The summed E-state index contributed by atoms with van der Waals surface area (Å²) in [6, 6.07) is 12.9. The third-order valence-corrected chi connectivity index (χ3v) is 7.37. The Kier molecular flexibility index (Phi) is 8.97. The van der Waals surface area contributed by atoms with Crippen LogP contribution in [0.2, 0.25) is 0 Å². The summed E-state index contributed by atoms with van der Waals surface area (Å²) in [4.78, 5) is 39.1. The molecule has 0 aromatic heterocycles. The lowest BCUT2D eigenvalue weighted by Gasteiger charge is -2.37. The standard InChI is InChI=1S/C32H37NO7/c1-7-18(3)39-32(36)29-19(4)33-25-15-23(21-9-12-24(37-6)13-10-21)16-26(35)31(25)30(29)22-11-14-27(40-20(5)34)28(17-22)38-8-2/h9-14,17-18,23,30,33H,7-8,15-16H2,1-6H3/t18-,23-,30-/m1/s1. The molecule has 0 amide bonds. The molecular formula is C32H37NO7. The van der Waals surface area contributed by atoms with Crippen molar-refractivity contribution in [1.82, 2.24) is 5.32 Å². The number of benzene rings is 2. The highest BCUT2D eigenvalue weighted by atomic mass is 16.6. The van der Waals surface area contributed by atoms with E-state index in [0.29, 0.717) is 54.0 Å². The molecule has 1 aliphatic heterocycles. The van der Waals surface area contributed by atoms with E-state index in [9.17, 15) is 14.4 Å². The Bertz CT molecular complexity index is 1360. The van der Waals surface area contributed by atoms with Gasteiger partial charge in [-0.15, -0.1) is 0 Å². The zero-order chi connectivity index (χ0) is 29.0. The van der Waals surface area contributed by atoms with Gasteiger partial charge in [0.2, 0.25) is 0 Å². The molecule has 1 N–H and O–H groups in total. The third-order valence-electron chi connectivity index (χ3n) is 7.37. The fourth-order valence-electron chi connectivity index (χ4n) is 5.30. The Labute approximate surface area is 235 Å². The number of methoxy groups -OCH3 is 1. The molecule has 1 aliphatic carbocycles. The highest BCUT2D eigenvalue weighted by Crippen LogP contribution is 2.47. The fourth-order valence-corrected chi connectivity index (χ4v) is 5.30. The number of rotatable bonds is 9. The van der Waals surface area contributed by atoms with Crippen molar-refractivity contribution in [2.24, 2.45) is 0 Å². The average molecular weight is 548 g/mol. The molecule has 3 atom stereocenters. The second kappa shape index (κ2) is 12.4. The van der Waals surface area contributed by atoms with Crippen LogP contribution in [0.25, 0.3) is 0 Å². The number of carbonyl (C=O) groups is 3. The summed E-state index contributed by atoms with van der Waals surface area (Å²) in [5.74, 6) is -0.262. The Morgan fingerprint density at radius 1 is 1.02 bits per heavy atom. The Hall–Kier alpha value is -4.07. The van der Waals surface area contributed by atoms with Crippen molar-refractivity contribution < 1.29 is 33.3 Å². The fraction of sp³-hybridized carbons (Fsp3) is 0.406. The lowest BCUT2D eigenvalue weighted by molar-refractivity contribution is -0.144. The average Bonchev–Trinajstić information content (AvgIpc) is 2.92. The van der Waals surface area contributed by atoms with Gasteiger partial charge in [0.25, 0.3) is 0 Å². The normalized spacial score (nSPS) is 19.4. The molecule has 4 rings (SSSR count). The van der Waals surface area contributed by atoms with Crippen molar-refractivity contribution in [2.45, 2.75) is 71.8 Å². The van der Waals surface area contributed by atoms with Gasteiger partial charge in [-0.2, -0.15) is 0 Å². The van der Waals surface area contributed by atoms with Crippen molar-refractivity contribution in [3.05, 3.63) is 76.1 Å². The topological polar surface area (TPSA) is 100 Å². The van der Waals surface area contributed by atoms with Gasteiger partial charge in [0.15, 0.2) is 17.3 Å². The zero-order valence-corrected chi connectivity index (χ0v) is 24.0. The molecule has 2 aliphatic rings. The maximum Gasteiger partial charge on any atom is 0.337 e. The minimum atomic E-state index is -0.664. The lowest BCUT2D eigenvalue weighted by atomic mass is 9.71. The van der Waals surface area contributed by atoms with Crippen molar-refractivity contribution in [2.75, 3.05) is 13.7 Å². The molecule has 0 bridgehead atoms. The van der Waals surface area contributed by atoms with Crippen LogP contribution in [0.1, 0.15) is 76.8 Å². The first-order valence-corrected chi connectivity index (χ1v) is 13.7. The maximum atomic E-state index is 13.9. The molecule has 0 saturated heterocycles. The summed E-state index contributed by atoms with van der Waals surface area (Å²) in [5.41, 5.74) is 4.10. The van der Waals surface area contributed by atoms with Crippen molar-refractivity contribution in [3.8, 4) is 17.2 Å². The molecule has 0 spiro atoms. The van der Waals surface area contributed by atoms with Gasteiger partial charge in [0, 0.05) is 36.2 Å². The number of ether oxygens (including phenoxy) is 4. The van der Waals surface area contributed by atoms with Gasteiger partial charge in [-0.05, 0) is 74.9 Å². The summed E-state index contributed by atoms with van der Waals surface area (Å²) in [6.45, 7) is 9.12. The summed E-state index contributed by atoms with van der Waals surface area (Å²) in [7, 11) is 1.62. The van der Waals surface area contributed by atoms with Crippen LogP contribution in [0, 0.1) is 0 Å². The monoisotopic (exact) mass is 547 g/mol. The molecule has 8 heteroatoms. The van der Waals surface area contributed by atoms with Gasteiger partial charge in [0.1, 0.15) is 5.75 Å². The van der Waals surface area contributed by atoms with Crippen LogP contribution in [0.5, 0.6) is 17.2 Å². The van der Waals surface area contributed by atoms with Gasteiger partial charge < -0.3 is 24.3 Å². The quantitative estimate of drug-likeness (QED) is 0.314. The number of allylic oxidation sites excluding steroid dienone is 3. The molecule has 8 nitrogen and oxygen atoms in total. The van der Waals surface area contributed by atoms with Gasteiger partial charge in [-0.1, -0.05) is 25.1 Å². The molecular weight excluding hydrogens is 510 g/mol. The number of hydrogen-bond donors (Lipinski definition) is 1. The van der Waals surface area contributed by atoms with Crippen molar-refractivity contribution in [1.29, 1.82) is 0 Å². The van der Waals surface area contributed by atoms with E-state index in [4.69, 9.17) is 18.9 Å². The molecule has 0 unspecified atom stereocenters. The van der Waals surface area contributed by atoms with E-state index in [1.54, 1.807) is 25.3 Å². The van der Waals surface area contributed by atoms with Crippen LogP contribution in [-0.2, 0) is 19.1 Å². The summed E-state index contributed by atoms with van der Waals surface area (Å²) >= 11 is 0. The van der Waals surface area contributed by atoms with E-state index < -0.39 is 17.9 Å². The first-order chi connectivity index (χ1) is 19.2. The number of nitrogens with one attached hydrogen (secondary N) is 1. The SMILES string of the molecule is CCOc1cc([C@@H]2C(C(=O)O[C@H](C)CC)=C(C)NC3=C2C(=O)C[C@H](c2ccc(OC)cc2)C3)ccc1OC(C)=O. The third kappa shape index (κ3) is 6.06. The molecule has 0 radical (unpaired) electrons. The molecule has 0 saturated carbocycles. The number of esters is 2. The van der Waals surface area contributed by atoms with E-state index in [1.165, 1.54) is 6.92 Å². The van der Waals surface area contributed by atoms with Crippen LogP contribution >= 0.6 is 0 Å². The largest absolute Gasteiger partial charge is 0.497 e. The number of dihydropyridines is 1. The second-order valence-corrected chi connectivity index (χ2v) is 10.1. The molecule has 1 heterocycles. The Morgan fingerprint density at radius 3 is 2.35 bits per heavy atom. The predicted molar refractivity (Wildman–Crippen MR) is 150 cm³/mol. The summed E-state index contributed by atoms with van der Waals surface area (Å²) in [6.07, 6.45) is 1.30. The lowest BCUT2D eigenvalue weighted by Crippen LogP contribution is -2.36. The zero-order valence-electron chi connectivity index (χ0n) is 24.0. The summed E-state index contributed by atoms with van der Waals surface area (Å²) in [5, 5.41) is 3.38. The van der Waals surface area contributed by atoms with Gasteiger partial charge in [0.05, 0.1) is 25.4 Å². The van der Waals surface area contributed by atoms with Crippen molar-refractivity contribution in [3.63, 3.8) is 0 Å². The molecule has 40 heavy (non-hydrogen) atoms. The van der Waals surface area contributed by atoms with Gasteiger partial charge in [-0.25, -0.2) is 4.79 Å². The molecule has 0 fully saturated rings. The Morgan fingerprint density at radius 2 is 1.73 bits per heavy atom. The van der Waals surface area contributed by atoms with Crippen LogP contribution < -0.4 is 19.5 Å². The smallest absolute Gasteiger partial charge is 0.337 e. The summed E-state index contributed by atoms with van der Waals surface area (Å²) < 4.78 is 22.2. The van der Waals surface area contributed by atoms with E-state index in [-0.39, 0.29) is 23.6 Å². The number of carbonyl (C=O) groups excluding carboxylic acids is 3. The van der Waals surface area contributed by atoms with E-state index in [1.807, 2.05) is 52.0 Å². The van der Waals surface area contributed by atoms with E-state index >= 15 is 0 Å². The Balaban J connectivity index is 1.81. The second-order valence-electron chi connectivity index (χ2n) is 10.1. The highest BCUT2D eigenvalue weighted by Gasteiger charge is 2.42. The van der Waals surface area contributed by atoms with Crippen LogP contribution in [-0.4, -0.2) is 37.5 Å². The molecule has 2 aromatic rings. The van der Waals surface area contributed by atoms with E-state index in [2.05, 4.69) is 5.32 Å². The first kappa shape index (κ1) is 28.9. The minimum absolute atomic E-state index is 0.0166. The van der Waals surface area contributed by atoms with E-state index in [0.717, 1.165) is 17.0 Å².